The summed E-state index contributed by atoms with van der Waals surface area (Å²) in [6.45, 7) is 1.97. The zero-order valence-electron chi connectivity index (χ0n) is 16.9. The van der Waals surface area contributed by atoms with Gasteiger partial charge in [0.15, 0.2) is 0 Å². The third kappa shape index (κ3) is 6.46. The largest absolute Gasteiger partial charge is 0.348 e. The summed E-state index contributed by atoms with van der Waals surface area (Å²) in [6, 6.07) is 17.3. The van der Waals surface area contributed by atoms with Crippen LogP contribution in [0.25, 0.3) is 6.08 Å². The van der Waals surface area contributed by atoms with Crippen LogP contribution in [0.15, 0.2) is 72.4 Å². The first-order valence-corrected chi connectivity index (χ1v) is 10.2. The molecule has 0 aliphatic heterocycles. The van der Waals surface area contributed by atoms with Crippen LogP contribution in [0, 0.1) is 6.92 Å². The Balaban J connectivity index is 1.74. The molecule has 4 nitrogen and oxygen atoms in total. The topological polar surface area (TPSA) is 58.2 Å². The second-order valence-electron chi connectivity index (χ2n) is 7.48. The fourth-order valence-corrected chi connectivity index (χ4v) is 3.40. The van der Waals surface area contributed by atoms with Gasteiger partial charge in [0.2, 0.25) is 0 Å². The average molecular weight is 389 g/mol. The Bertz CT molecular complexity index is 877. The Hall–Kier alpha value is -3.14. The molecule has 1 saturated carbocycles. The fraction of sp³-hybridized carbons (Fsp3) is 0.280. The first-order valence-electron chi connectivity index (χ1n) is 10.2. The lowest BCUT2D eigenvalue weighted by molar-refractivity contribution is -0.118. The first kappa shape index (κ1) is 20.6. The van der Waals surface area contributed by atoms with Crippen molar-refractivity contribution in [2.75, 3.05) is 0 Å². The average Bonchev–Trinajstić information content (AvgIpc) is 2.75. The van der Waals surface area contributed by atoms with Gasteiger partial charge in [0.25, 0.3) is 11.8 Å². The molecule has 1 aliphatic carbocycles. The molecule has 2 aromatic carbocycles. The van der Waals surface area contributed by atoms with Crippen LogP contribution in [-0.4, -0.2) is 17.9 Å². The number of aryl methyl sites for hydroxylation is 1. The van der Waals surface area contributed by atoms with Crippen LogP contribution in [0.5, 0.6) is 0 Å². The summed E-state index contributed by atoms with van der Waals surface area (Å²) in [5, 5.41) is 5.87. The van der Waals surface area contributed by atoms with Crippen LogP contribution in [0.4, 0.5) is 0 Å². The number of carbonyl (C=O) groups is 2. The molecule has 2 amide bonds. The molecular formula is C25H28N2O2. The third-order valence-electron chi connectivity index (χ3n) is 5.10. The van der Waals surface area contributed by atoms with Gasteiger partial charge >= 0.3 is 0 Å². The van der Waals surface area contributed by atoms with Crippen LogP contribution in [0.2, 0.25) is 0 Å². The molecule has 0 unspecified atom stereocenters. The summed E-state index contributed by atoms with van der Waals surface area (Å²) in [6.07, 6.45) is 10.8. The zero-order chi connectivity index (χ0) is 20.5. The van der Waals surface area contributed by atoms with Crippen LogP contribution in [0.1, 0.15) is 53.6 Å². The molecule has 0 heterocycles. The van der Waals surface area contributed by atoms with Gasteiger partial charge in [-0.2, -0.15) is 0 Å². The van der Waals surface area contributed by atoms with E-state index in [0.717, 1.165) is 36.8 Å². The van der Waals surface area contributed by atoms with Crippen LogP contribution >= 0.6 is 0 Å². The quantitative estimate of drug-likeness (QED) is 0.553. The smallest absolute Gasteiger partial charge is 0.268 e. The van der Waals surface area contributed by atoms with Crippen molar-refractivity contribution >= 4 is 17.9 Å². The van der Waals surface area contributed by atoms with Crippen molar-refractivity contribution < 1.29 is 9.59 Å². The van der Waals surface area contributed by atoms with Gasteiger partial charge in [-0.1, -0.05) is 79.4 Å². The van der Waals surface area contributed by atoms with E-state index in [0.29, 0.717) is 5.56 Å². The van der Waals surface area contributed by atoms with Gasteiger partial charge in [-0.3, -0.25) is 9.59 Å². The normalized spacial score (nSPS) is 15.3. The monoisotopic (exact) mass is 388 g/mol. The minimum Gasteiger partial charge on any atom is -0.348 e. The predicted molar refractivity (Wildman–Crippen MR) is 117 cm³/mol. The third-order valence-corrected chi connectivity index (χ3v) is 5.10. The molecule has 0 atom stereocenters. The van der Waals surface area contributed by atoms with Crippen molar-refractivity contribution in [3.05, 3.63) is 89.1 Å². The number of hydrogen-bond donors (Lipinski definition) is 2. The summed E-state index contributed by atoms with van der Waals surface area (Å²) in [5.74, 6) is -0.529. The maximum atomic E-state index is 12.8. The Kier molecular flexibility index (Phi) is 7.40. The SMILES string of the molecule is Cc1ccc(C(=O)N/C(=C/C=C/c2ccccc2)C(=O)NC2CCCCC2)cc1. The Labute approximate surface area is 172 Å². The Morgan fingerprint density at radius 3 is 2.31 bits per heavy atom. The number of allylic oxidation sites excluding steroid dienone is 2. The van der Waals surface area contributed by atoms with Gasteiger partial charge in [-0.25, -0.2) is 0 Å². The molecular weight excluding hydrogens is 360 g/mol. The molecule has 0 aromatic heterocycles. The molecule has 150 valence electrons. The standard InChI is InChI=1S/C25H28N2O2/c1-19-15-17-21(18-16-19)24(28)27-23(14-8-11-20-9-4-2-5-10-20)25(29)26-22-12-6-3-7-13-22/h2,4-5,8-11,14-18,22H,3,6-7,12-13H2,1H3,(H,26,29)(H,27,28)/b11-8+,23-14+. The molecule has 29 heavy (non-hydrogen) atoms. The highest BCUT2D eigenvalue weighted by Crippen LogP contribution is 2.17. The summed E-state index contributed by atoms with van der Waals surface area (Å²) in [4.78, 5) is 25.5. The number of rotatable bonds is 6. The minimum atomic E-state index is -0.289. The molecule has 4 heteroatoms. The highest BCUT2D eigenvalue weighted by atomic mass is 16.2. The summed E-state index contributed by atoms with van der Waals surface area (Å²) in [7, 11) is 0. The van der Waals surface area contributed by atoms with Crippen molar-refractivity contribution in [1.29, 1.82) is 0 Å². The molecule has 2 aromatic rings. The van der Waals surface area contributed by atoms with E-state index in [4.69, 9.17) is 0 Å². The molecule has 0 radical (unpaired) electrons. The number of hydrogen-bond acceptors (Lipinski definition) is 2. The van der Waals surface area contributed by atoms with Gasteiger partial charge in [0.1, 0.15) is 5.70 Å². The van der Waals surface area contributed by atoms with Crippen LogP contribution in [-0.2, 0) is 4.79 Å². The lowest BCUT2D eigenvalue weighted by Gasteiger charge is -2.23. The van der Waals surface area contributed by atoms with Gasteiger partial charge in [-0.15, -0.1) is 0 Å². The molecule has 1 aliphatic rings. The zero-order valence-corrected chi connectivity index (χ0v) is 16.9. The van der Waals surface area contributed by atoms with Crippen molar-refractivity contribution in [2.24, 2.45) is 0 Å². The second-order valence-corrected chi connectivity index (χ2v) is 7.48. The maximum absolute atomic E-state index is 12.8. The van der Waals surface area contributed by atoms with E-state index in [1.165, 1.54) is 6.42 Å². The molecule has 1 fully saturated rings. The van der Waals surface area contributed by atoms with Gasteiger partial charge in [0.05, 0.1) is 0 Å². The van der Waals surface area contributed by atoms with Crippen LogP contribution < -0.4 is 10.6 Å². The minimum absolute atomic E-state index is 0.175. The Morgan fingerprint density at radius 2 is 1.62 bits per heavy atom. The van der Waals surface area contributed by atoms with Gasteiger partial charge < -0.3 is 10.6 Å². The molecule has 3 rings (SSSR count). The van der Waals surface area contributed by atoms with Crippen molar-refractivity contribution in [3.63, 3.8) is 0 Å². The highest BCUT2D eigenvalue weighted by molar-refractivity contribution is 6.03. The summed E-state index contributed by atoms with van der Waals surface area (Å²) < 4.78 is 0. The van der Waals surface area contributed by atoms with Gasteiger partial charge in [-0.05, 0) is 43.5 Å². The lowest BCUT2D eigenvalue weighted by atomic mass is 9.95. The maximum Gasteiger partial charge on any atom is 0.268 e. The van der Waals surface area contributed by atoms with Crippen molar-refractivity contribution in [3.8, 4) is 0 Å². The number of carbonyl (C=O) groups excluding carboxylic acids is 2. The number of amides is 2. The fourth-order valence-electron chi connectivity index (χ4n) is 3.40. The number of benzene rings is 2. The van der Waals surface area contributed by atoms with E-state index in [1.807, 2.05) is 55.5 Å². The van der Waals surface area contributed by atoms with E-state index in [1.54, 1.807) is 24.3 Å². The molecule has 2 N–H and O–H groups in total. The first-order chi connectivity index (χ1) is 14.1. The summed E-state index contributed by atoms with van der Waals surface area (Å²) in [5.41, 5.74) is 2.89. The second kappa shape index (κ2) is 10.4. The molecule has 0 spiro atoms. The van der Waals surface area contributed by atoms with Crippen molar-refractivity contribution in [1.82, 2.24) is 10.6 Å². The van der Waals surface area contributed by atoms with E-state index in [2.05, 4.69) is 10.6 Å². The van der Waals surface area contributed by atoms with E-state index >= 15 is 0 Å². The van der Waals surface area contributed by atoms with Gasteiger partial charge in [0, 0.05) is 11.6 Å². The lowest BCUT2D eigenvalue weighted by Crippen LogP contribution is -2.41. The Morgan fingerprint density at radius 1 is 0.931 bits per heavy atom. The molecule has 0 saturated heterocycles. The van der Waals surface area contributed by atoms with Crippen LogP contribution in [0.3, 0.4) is 0 Å². The van der Waals surface area contributed by atoms with Crippen molar-refractivity contribution in [2.45, 2.75) is 45.1 Å². The highest BCUT2D eigenvalue weighted by Gasteiger charge is 2.19. The summed E-state index contributed by atoms with van der Waals surface area (Å²) >= 11 is 0. The number of nitrogens with one attached hydrogen (secondary N) is 2. The van der Waals surface area contributed by atoms with E-state index < -0.39 is 0 Å². The van der Waals surface area contributed by atoms with E-state index in [-0.39, 0.29) is 23.6 Å². The predicted octanol–water partition coefficient (Wildman–Crippen LogP) is 4.77. The van der Waals surface area contributed by atoms with E-state index in [9.17, 15) is 9.59 Å². The molecule has 0 bridgehead atoms.